The van der Waals surface area contributed by atoms with Crippen molar-refractivity contribution in [2.24, 2.45) is 0 Å². The smallest absolute Gasteiger partial charge is 0.337 e. The molecule has 3 rings (SSSR count). The Bertz CT molecular complexity index is 1290. The van der Waals surface area contributed by atoms with Crippen LogP contribution in [0.15, 0.2) is 50.7 Å². The lowest BCUT2D eigenvalue weighted by Gasteiger charge is -2.34. The van der Waals surface area contributed by atoms with Gasteiger partial charge in [-0.25, -0.2) is 30.4 Å². The summed E-state index contributed by atoms with van der Waals surface area (Å²) in [6.07, 6.45) is 0.137. The van der Waals surface area contributed by atoms with Gasteiger partial charge in [-0.2, -0.15) is 0 Å². The Balaban J connectivity index is 2.06. The predicted molar refractivity (Wildman–Crippen MR) is 122 cm³/mol. The summed E-state index contributed by atoms with van der Waals surface area (Å²) in [6.45, 7) is -0.0804. The SMILES string of the molecule is COC(=O)c1ccc(Br)c(S(=O)(=O)Nc2cc(S(C)(=O)=O)ccc2N2CCC(F)(F)CC2)c1. The van der Waals surface area contributed by atoms with Gasteiger partial charge in [0, 0.05) is 36.7 Å². The van der Waals surface area contributed by atoms with Crippen molar-refractivity contribution in [3.63, 3.8) is 0 Å². The van der Waals surface area contributed by atoms with Crippen LogP contribution in [0.1, 0.15) is 23.2 Å². The molecule has 0 aromatic heterocycles. The standard InChI is InChI=1S/C20H21BrF2N2O6S2/c1-31-19(26)13-3-5-15(21)18(11-13)33(29,30)24-16-12-14(32(2,27)28)4-6-17(16)25-9-7-20(22,23)8-10-25/h3-6,11-12,24H,7-10H2,1-2H3. The van der Waals surface area contributed by atoms with E-state index in [4.69, 9.17) is 0 Å². The van der Waals surface area contributed by atoms with E-state index in [9.17, 15) is 30.4 Å². The van der Waals surface area contributed by atoms with Crippen molar-refractivity contribution in [3.8, 4) is 0 Å². The van der Waals surface area contributed by atoms with Gasteiger partial charge in [0.05, 0.1) is 28.9 Å². The highest BCUT2D eigenvalue weighted by molar-refractivity contribution is 9.10. The molecule has 1 heterocycles. The lowest BCUT2D eigenvalue weighted by molar-refractivity contribution is -0.0220. The zero-order chi connectivity index (χ0) is 24.6. The van der Waals surface area contributed by atoms with Crippen LogP contribution >= 0.6 is 15.9 Å². The third-order valence-corrected chi connectivity index (χ3v) is 8.59. The molecule has 180 valence electrons. The average molecular weight is 567 g/mol. The number of ether oxygens (including phenoxy) is 1. The summed E-state index contributed by atoms with van der Waals surface area (Å²) < 4.78 is 84.9. The zero-order valence-electron chi connectivity index (χ0n) is 17.6. The van der Waals surface area contributed by atoms with Crippen LogP contribution in [0.4, 0.5) is 20.2 Å². The van der Waals surface area contributed by atoms with Gasteiger partial charge in [-0.05, 0) is 52.3 Å². The van der Waals surface area contributed by atoms with Crippen LogP contribution in [0.3, 0.4) is 0 Å². The summed E-state index contributed by atoms with van der Waals surface area (Å²) in [5, 5.41) is 0. The number of anilines is 2. The van der Waals surface area contributed by atoms with Gasteiger partial charge >= 0.3 is 5.97 Å². The van der Waals surface area contributed by atoms with E-state index in [1.54, 1.807) is 4.90 Å². The van der Waals surface area contributed by atoms with Crippen molar-refractivity contribution in [2.75, 3.05) is 36.1 Å². The van der Waals surface area contributed by atoms with E-state index in [0.29, 0.717) is 0 Å². The van der Waals surface area contributed by atoms with E-state index in [2.05, 4.69) is 25.4 Å². The number of rotatable bonds is 6. The van der Waals surface area contributed by atoms with Crippen molar-refractivity contribution in [1.82, 2.24) is 0 Å². The van der Waals surface area contributed by atoms with E-state index in [1.807, 2.05) is 0 Å². The molecule has 0 saturated carbocycles. The molecule has 0 radical (unpaired) electrons. The fraction of sp³-hybridized carbons (Fsp3) is 0.350. The summed E-state index contributed by atoms with van der Waals surface area (Å²) in [4.78, 5) is 13.0. The number of nitrogens with one attached hydrogen (secondary N) is 1. The van der Waals surface area contributed by atoms with Gasteiger partial charge in [0.1, 0.15) is 4.90 Å². The molecule has 0 unspecified atom stereocenters. The number of carbonyl (C=O) groups is 1. The van der Waals surface area contributed by atoms with E-state index >= 15 is 0 Å². The molecule has 0 amide bonds. The number of sulfone groups is 1. The van der Waals surface area contributed by atoms with E-state index < -0.39 is 44.6 Å². The molecular weight excluding hydrogens is 546 g/mol. The number of sulfonamides is 1. The molecule has 0 bridgehead atoms. The first kappa shape index (κ1) is 25.4. The normalized spacial score (nSPS) is 16.3. The maximum Gasteiger partial charge on any atom is 0.337 e. The molecule has 33 heavy (non-hydrogen) atoms. The number of alkyl halides is 2. The molecule has 1 aliphatic heterocycles. The zero-order valence-corrected chi connectivity index (χ0v) is 20.9. The highest BCUT2D eigenvalue weighted by Gasteiger charge is 2.35. The second-order valence-electron chi connectivity index (χ2n) is 7.54. The molecule has 0 atom stereocenters. The number of carbonyl (C=O) groups excluding carboxylic acids is 1. The second kappa shape index (κ2) is 9.18. The number of nitrogens with zero attached hydrogens (tertiary/aromatic N) is 1. The van der Waals surface area contributed by atoms with E-state index in [1.165, 1.54) is 24.3 Å². The quantitative estimate of drug-likeness (QED) is 0.531. The summed E-state index contributed by atoms with van der Waals surface area (Å²) in [5.41, 5.74) is 0.171. The van der Waals surface area contributed by atoms with Gasteiger partial charge in [-0.1, -0.05) is 0 Å². The van der Waals surface area contributed by atoms with Crippen molar-refractivity contribution in [1.29, 1.82) is 0 Å². The van der Waals surface area contributed by atoms with Crippen molar-refractivity contribution in [2.45, 2.75) is 28.6 Å². The average Bonchev–Trinajstić information content (AvgIpc) is 2.72. The van der Waals surface area contributed by atoms with Gasteiger partial charge in [0.2, 0.25) is 0 Å². The Hall–Kier alpha value is -2.25. The molecule has 1 saturated heterocycles. The molecule has 2 aromatic rings. The summed E-state index contributed by atoms with van der Waals surface area (Å²) in [6, 6.07) is 7.67. The first-order chi connectivity index (χ1) is 15.2. The summed E-state index contributed by atoms with van der Waals surface area (Å²) in [7, 11) is -6.86. The number of hydrogen-bond donors (Lipinski definition) is 1. The molecule has 1 aliphatic rings. The molecule has 13 heteroatoms. The third-order valence-electron chi connectivity index (χ3n) is 5.12. The minimum atomic E-state index is -4.33. The lowest BCUT2D eigenvalue weighted by atomic mass is 10.1. The molecule has 1 fully saturated rings. The molecule has 8 nitrogen and oxygen atoms in total. The van der Waals surface area contributed by atoms with Crippen LogP contribution in [0, 0.1) is 0 Å². The number of methoxy groups -OCH3 is 1. The van der Waals surface area contributed by atoms with Crippen molar-refractivity contribution >= 4 is 53.1 Å². The predicted octanol–water partition coefficient (Wildman–Crippen LogP) is 3.68. The van der Waals surface area contributed by atoms with Crippen LogP contribution in [-0.4, -0.2) is 55.2 Å². The minimum absolute atomic E-state index is 0.00977. The van der Waals surface area contributed by atoms with Gasteiger partial charge < -0.3 is 9.64 Å². The maximum absolute atomic E-state index is 13.6. The van der Waals surface area contributed by atoms with E-state index in [0.717, 1.165) is 25.5 Å². The third kappa shape index (κ3) is 5.82. The Morgan fingerprint density at radius 2 is 1.73 bits per heavy atom. The maximum atomic E-state index is 13.6. The second-order valence-corrected chi connectivity index (χ2v) is 12.1. The Morgan fingerprint density at radius 3 is 2.30 bits per heavy atom. The van der Waals surface area contributed by atoms with Crippen molar-refractivity contribution in [3.05, 3.63) is 46.4 Å². The van der Waals surface area contributed by atoms with Gasteiger partial charge in [-0.15, -0.1) is 0 Å². The number of hydrogen-bond acceptors (Lipinski definition) is 7. The number of esters is 1. The summed E-state index contributed by atoms with van der Waals surface area (Å²) in [5.74, 6) is -3.56. The van der Waals surface area contributed by atoms with Crippen LogP contribution in [0.5, 0.6) is 0 Å². The van der Waals surface area contributed by atoms with Crippen LogP contribution in [-0.2, 0) is 24.6 Å². The molecule has 1 N–H and O–H groups in total. The van der Waals surface area contributed by atoms with Gasteiger partial charge in [0.15, 0.2) is 9.84 Å². The number of halogens is 3. The molecular formula is C20H21BrF2N2O6S2. The van der Waals surface area contributed by atoms with Crippen molar-refractivity contribution < 1.29 is 35.1 Å². The fourth-order valence-electron chi connectivity index (χ4n) is 3.33. The Morgan fingerprint density at radius 1 is 1.09 bits per heavy atom. The summed E-state index contributed by atoms with van der Waals surface area (Å²) >= 11 is 3.14. The van der Waals surface area contributed by atoms with E-state index in [-0.39, 0.29) is 44.3 Å². The molecule has 0 aliphatic carbocycles. The fourth-order valence-corrected chi connectivity index (χ4v) is 6.03. The highest BCUT2D eigenvalue weighted by Crippen LogP contribution is 2.36. The lowest BCUT2D eigenvalue weighted by Crippen LogP contribution is -2.39. The van der Waals surface area contributed by atoms with Gasteiger partial charge in [-0.3, -0.25) is 4.72 Å². The van der Waals surface area contributed by atoms with Crippen LogP contribution < -0.4 is 9.62 Å². The van der Waals surface area contributed by atoms with Gasteiger partial charge in [0.25, 0.3) is 15.9 Å². The minimum Gasteiger partial charge on any atom is -0.465 e. The first-order valence-electron chi connectivity index (χ1n) is 9.61. The topological polar surface area (TPSA) is 110 Å². The van der Waals surface area contributed by atoms with Crippen LogP contribution in [0.2, 0.25) is 0 Å². The monoisotopic (exact) mass is 566 g/mol. The molecule has 0 spiro atoms. The highest BCUT2D eigenvalue weighted by atomic mass is 79.9. The Labute approximate surface area is 199 Å². The largest absolute Gasteiger partial charge is 0.465 e. The number of piperidine rings is 1. The molecule has 2 aromatic carbocycles. The number of benzene rings is 2. The Kier molecular flexibility index (Phi) is 7.06. The first-order valence-corrected chi connectivity index (χ1v) is 13.8. The van der Waals surface area contributed by atoms with Crippen LogP contribution in [0.25, 0.3) is 0 Å².